The first-order valence-electron chi connectivity index (χ1n) is 7.90. The van der Waals surface area contributed by atoms with Crippen molar-refractivity contribution in [2.24, 2.45) is 0 Å². The molecule has 2 aromatic heterocycles. The third-order valence-electron chi connectivity index (χ3n) is 4.46. The fourth-order valence-electron chi connectivity index (χ4n) is 2.77. The Morgan fingerprint density at radius 1 is 1.14 bits per heavy atom. The van der Waals surface area contributed by atoms with Gasteiger partial charge in [-0.15, -0.1) is 0 Å². The van der Waals surface area contributed by atoms with Crippen molar-refractivity contribution in [1.29, 1.82) is 0 Å². The summed E-state index contributed by atoms with van der Waals surface area (Å²) in [7, 11) is 2.15. The molecule has 3 heterocycles. The zero-order chi connectivity index (χ0) is 15.1. The molecule has 22 heavy (non-hydrogen) atoms. The molecule has 7 heteroatoms. The quantitative estimate of drug-likeness (QED) is 0.918. The molecule has 0 aromatic carbocycles. The smallest absolute Gasteiger partial charge is 0.225 e. The highest BCUT2D eigenvalue weighted by atomic mass is 15.3. The lowest BCUT2D eigenvalue weighted by molar-refractivity contribution is 0.311. The highest BCUT2D eigenvalue weighted by Gasteiger charge is 2.27. The van der Waals surface area contributed by atoms with E-state index in [9.17, 15) is 0 Å². The van der Waals surface area contributed by atoms with Crippen molar-refractivity contribution in [3.8, 4) is 11.4 Å². The summed E-state index contributed by atoms with van der Waals surface area (Å²) in [6.45, 7) is 6.05. The predicted molar refractivity (Wildman–Crippen MR) is 83.8 cm³/mol. The Hall–Kier alpha value is -2.02. The van der Waals surface area contributed by atoms with Gasteiger partial charge in [0.2, 0.25) is 5.95 Å². The average molecular weight is 299 g/mol. The van der Waals surface area contributed by atoms with Crippen molar-refractivity contribution in [2.75, 3.05) is 38.1 Å². The Labute approximate surface area is 129 Å². The molecule has 1 saturated carbocycles. The third kappa shape index (κ3) is 2.56. The number of anilines is 1. The Morgan fingerprint density at radius 2 is 1.91 bits per heavy atom. The monoisotopic (exact) mass is 299 g/mol. The molecule has 2 fully saturated rings. The van der Waals surface area contributed by atoms with Gasteiger partial charge in [0.1, 0.15) is 5.82 Å². The minimum absolute atomic E-state index is 0.576. The van der Waals surface area contributed by atoms with Crippen molar-refractivity contribution >= 4 is 5.95 Å². The lowest BCUT2D eigenvalue weighted by Crippen LogP contribution is -2.45. The van der Waals surface area contributed by atoms with Gasteiger partial charge in [-0.25, -0.2) is 15.0 Å². The maximum absolute atomic E-state index is 4.67. The van der Waals surface area contributed by atoms with Gasteiger partial charge in [0.25, 0.3) is 0 Å². The molecule has 2 aliphatic rings. The van der Waals surface area contributed by atoms with E-state index in [0.29, 0.717) is 11.7 Å². The molecule has 2 aromatic rings. The van der Waals surface area contributed by atoms with Crippen LogP contribution in [0.5, 0.6) is 0 Å². The summed E-state index contributed by atoms with van der Waals surface area (Å²) in [5, 5.41) is 7.37. The van der Waals surface area contributed by atoms with E-state index in [0.717, 1.165) is 49.2 Å². The lowest BCUT2D eigenvalue weighted by Gasteiger charge is -2.32. The minimum Gasteiger partial charge on any atom is -0.338 e. The molecule has 0 amide bonds. The first-order valence-corrected chi connectivity index (χ1v) is 7.90. The number of nitrogens with one attached hydrogen (secondary N) is 1. The number of rotatable bonds is 3. The van der Waals surface area contributed by atoms with E-state index in [1.807, 2.05) is 13.1 Å². The highest BCUT2D eigenvalue weighted by Crippen LogP contribution is 2.38. The Kier molecular flexibility index (Phi) is 3.29. The van der Waals surface area contributed by atoms with E-state index in [1.54, 1.807) is 0 Å². The van der Waals surface area contributed by atoms with Crippen molar-refractivity contribution < 1.29 is 0 Å². The Bertz CT molecular complexity index is 668. The zero-order valence-electron chi connectivity index (χ0n) is 13.1. The van der Waals surface area contributed by atoms with E-state index >= 15 is 0 Å². The standard InChI is InChI=1S/C15H21N7/c1-10-12(14-18-13(19-20-14)11-3-4-11)9-16-15(17-10)22-7-5-21(2)6-8-22/h9,11H,3-8H2,1-2H3,(H,18,19,20). The molecule has 0 atom stereocenters. The van der Waals surface area contributed by atoms with E-state index in [-0.39, 0.29) is 0 Å². The van der Waals surface area contributed by atoms with Crippen molar-refractivity contribution in [3.63, 3.8) is 0 Å². The van der Waals surface area contributed by atoms with Crippen molar-refractivity contribution in [2.45, 2.75) is 25.7 Å². The van der Waals surface area contributed by atoms with Crippen LogP contribution in [0.1, 0.15) is 30.3 Å². The first kappa shape index (κ1) is 13.6. The fourth-order valence-corrected chi connectivity index (χ4v) is 2.77. The van der Waals surface area contributed by atoms with Gasteiger partial charge in [-0.1, -0.05) is 0 Å². The molecule has 7 nitrogen and oxygen atoms in total. The van der Waals surface area contributed by atoms with E-state index < -0.39 is 0 Å². The minimum atomic E-state index is 0.576. The van der Waals surface area contributed by atoms with Gasteiger partial charge in [0.15, 0.2) is 5.82 Å². The number of aromatic nitrogens is 5. The van der Waals surface area contributed by atoms with Crippen molar-refractivity contribution in [1.82, 2.24) is 30.0 Å². The summed E-state index contributed by atoms with van der Waals surface area (Å²) >= 11 is 0. The van der Waals surface area contributed by atoms with Crippen LogP contribution < -0.4 is 4.90 Å². The van der Waals surface area contributed by atoms with Crippen LogP contribution in [0.3, 0.4) is 0 Å². The molecule has 1 aliphatic carbocycles. The molecule has 0 unspecified atom stereocenters. The largest absolute Gasteiger partial charge is 0.338 e. The van der Waals surface area contributed by atoms with E-state index in [4.69, 9.17) is 0 Å². The van der Waals surface area contributed by atoms with Crippen LogP contribution in [0.2, 0.25) is 0 Å². The van der Waals surface area contributed by atoms with Crippen LogP contribution in [0.15, 0.2) is 6.20 Å². The summed E-state index contributed by atoms with van der Waals surface area (Å²) in [4.78, 5) is 18.4. The van der Waals surface area contributed by atoms with Crippen molar-refractivity contribution in [3.05, 3.63) is 17.7 Å². The number of aryl methyl sites for hydroxylation is 1. The molecular formula is C15H21N7. The van der Waals surface area contributed by atoms with Crippen LogP contribution in [-0.4, -0.2) is 63.3 Å². The third-order valence-corrected chi connectivity index (χ3v) is 4.46. The highest BCUT2D eigenvalue weighted by molar-refractivity contribution is 5.57. The average Bonchev–Trinajstić information content (AvgIpc) is 3.26. The van der Waals surface area contributed by atoms with Gasteiger partial charge in [-0.3, -0.25) is 5.10 Å². The molecule has 0 spiro atoms. The summed E-state index contributed by atoms with van der Waals surface area (Å²) in [5.74, 6) is 3.10. The van der Waals surface area contributed by atoms with E-state index in [1.165, 1.54) is 12.8 Å². The normalized spacial score (nSPS) is 19.6. The summed E-state index contributed by atoms with van der Waals surface area (Å²) in [6.07, 6.45) is 4.29. The second kappa shape index (κ2) is 5.31. The zero-order valence-corrected chi connectivity index (χ0v) is 13.1. The maximum Gasteiger partial charge on any atom is 0.225 e. The van der Waals surface area contributed by atoms with Gasteiger partial charge in [0, 0.05) is 38.3 Å². The second-order valence-corrected chi connectivity index (χ2v) is 6.28. The number of H-pyrrole nitrogens is 1. The molecule has 1 aliphatic heterocycles. The molecule has 1 N–H and O–H groups in total. The van der Waals surface area contributed by atoms with Gasteiger partial charge >= 0.3 is 0 Å². The van der Waals surface area contributed by atoms with Gasteiger partial charge in [0.05, 0.1) is 11.3 Å². The lowest BCUT2D eigenvalue weighted by atomic mass is 10.2. The van der Waals surface area contributed by atoms with Gasteiger partial charge < -0.3 is 9.80 Å². The Morgan fingerprint density at radius 3 is 2.59 bits per heavy atom. The van der Waals surface area contributed by atoms with Crippen LogP contribution in [0.4, 0.5) is 5.95 Å². The molecular weight excluding hydrogens is 278 g/mol. The van der Waals surface area contributed by atoms with Crippen LogP contribution >= 0.6 is 0 Å². The summed E-state index contributed by atoms with van der Waals surface area (Å²) in [5.41, 5.74) is 1.85. The van der Waals surface area contributed by atoms with Gasteiger partial charge in [-0.05, 0) is 26.8 Å². The molecule has 4 rings (SSSR count). The number of hydrogen-bond donors (Lipinski definition) is 1. The maximum atomic E-state index is 4.67. The van der Waals surface area contributed by atoms with Crippen LogP contribution in [0.25, 0.3) is 11.4 Å². The summed E-state index contributed by atoms with van der Waals surface area (Å²) < 4.78 is 0. The first-order chi connectivity index (χ1) is 10.7. The van der Waals surface area contributed by atoms with Crippen LogP contribution in [-0.2, 0) is 0 Å². The predicted octanol–water partition coefficient (Wildman–Crippen LogP) is 1.20. The second-order valence-electron chi connectivity index (χ2n) is 6.28. The molecule has 0 radical (unpaired) electrons. The number of piperazine rings is 1. The van der Waals surface area contributed by atoms with Gasteiger partial charge in [-0.2, -0.15) is 5.10 Å². The summed E-state index contributed by atoms with van der Waals surface area (Å²) in [6, 6.07) is 0. The Balaban J connectivity index is 1.56. The molecule has 1 saturated heterocycles. The number of likely N-dealkylation sites (N-methyl/N-ethyl adjacent to an activating group) is 1. The number of hydrogen-bond acceptors (Lipinski definition) is 6. The molecule has 0 bridgehead atoms. The van der Waals surface area contributed by atoms with E-state index in [2.05, 4.69) is 42.0 Å². The number of nitrogens with zero attached hydrogens (tertiary/aromatic N) is 6. The number of aromatic amines is 1. The fraction of sp³-hybridized carbons (Fsp3) is 0.600. The SMILES string of the molecule is Cc1nc(N2CCN(C)CC2)ncc1-c1n[nH]c(C2CC2)n1. The topological polar surface area (TPSA) is 73.8 Å². The molecule has 116 valence electrons. The van der Waals surface area contributed by atoms with Crippen LogP contribution in [0, 0.1) is 6.92 Å².